The Bertz CT molecular complexity index is 821. The molecule has 7 nitrogen and oxygen atoms in total. The van der Waals surface area contributed by atoms with Crippen LogP contribution >= 0.6 is 0 Å². The van der Waals surface area contributed by atoms with Crippen LogP contribution in [0.5, 0.6) is 0 Å². The summed E-state index contributed by atoms with van der Waals surface area (Å²) in [7, 11) is 1.41. The number of nitro groups is 1. The van der Waals surface area contributed by atoms with Gasteiger partial charge in [-0.3, -0.25) is 19.7 Å². The molecule has 0 aliphatic heterocycles. The summed E-state index contributed by atoms with van der Waals surface area (Å²) in [6.45, 7) is 1.32. The van der Waals surface area contributed by atoms with E-state index in [1.54, 1.807) is 6.92 Å². The van der Waals surface area contributed by atoms with Gasteiger partial charge in [0.15, 0.2) is 0 Å². The number of aryl methyl sites for hydroxylation is 1. The van der Waals surface area contributed by atoms with Crippen LogP contribution in [-0.2, 0) is 4.79 Å². The van der Waals surface area contributed by atoms with Crippen LogP contribution in [0, 0.1) is 22.9 Å². The second kappa shape index (κ2) is 7.52. The minimum absolute atomic E-state index is 0.120. The van der Waals surface area contributed by atoms with E-state index in [1.165, 1.54) is 49.5 Å². The van der Waals surface area contributed by atoms with E-state index in [0.717, 1.165) is 4.90 Å². The molecular formula is C17H16FN3O4. The molecule has 130 valence electrons. The molecule has 0 saturated heterocycles. The number of amides is 2. The van der Waals surface area contributed by atoms with Gasteiger partial charge in [-0.25, -0.2) is 4.39 Å². The molecule has 0 fully saturated rings. The van der Waals surface area contributed by atoms with Crippen molar-refractivity contribution < 1.29 is 18.9 Å². The number of hydrogen-bond acceptors (Lipinski definition) is 4. The molecule has 0 aliphatic rings. The van der Waals surface area contributed by atoms with Gasteiger partial charge in [0, 0.05) is 29.9 Å². The van der Waals surface area contributed by atoms with E-state index in [-0.39, 0.29) is 17.8 Å². The van der Waals surface area contributed by atoms with Crippen LogP contribution in [0.3, 0.4) is 0 Å². The molecule has 0 heterocycles. The number of carbonyl (C=O) groups excluding carboxylic acids is 2. The smallest absolute Gasteiger partial charge is 0.273 e. The van der Waals surface area contributed by atoms with Gasteiger partial charge in [-0.2, -0.15) is 0 Å². The third-order valence-electron chi connectivity index (χ3n) is 3.51. The van der Waals surface area contributed by atoms with Gasteiger partial charge in [-0.05, 0) is 37.3 Å². The molecule has 0 aliphatic carbocycles. The second-order valence-electron chi connectivity index (χ2n) is 5.47. The Hall–Kier alpha value is -3.29. The molecule has 0 bridgehead atoms. The lowest BCUT2D eigenvalue weighted by Crippen LogP contribution is -2.35. The number of hydrogen-bond donors (Lipinski definition) is 1. The van der Waals surface area contributed by atoms with E-state index in [0.29, 0.717) is 11.3 Å². The first kappa shape index (κ1) is 18.1. The summed E-state index contributed by atoms with van der Waals surface area (Å²) >= 11 is 0. The van der Waals surface area contributed by atoms with E-state index in [2.05, 4.69) is 5.32 Å². The maximum atomic E-state index is 12.8. The van der Waals surface area contributed by atoms with Crippen molar-refractivity contribution in [1.29, 1.82) is 0 Å². The lowest BCUT2D eigenvalue weighted by molar-refractivity contribution is -0.385. The lowest BCUT2D eigenvalue weighted by Gasteiger charge is -2.17. The molecule has 2 rings (SSSR count). The molecule has 1 N–H and O–H groups in total. The molecule has 0 saturated carbocycles. The number of likely N-dealkylation sites (N-methyl/N-ethyl adjacent to an activating group) is 1. The zero-order chi connectivity index (χ0) is 18.6. The summed E-state index contributed by atoms with van der Waals surface area (Å²) in [4.78, 5) is 35.8. The maximum absolute atomic E-state index is 12.8. The number of halogens is 1. The van der Waals surface area contributed by atoms with E-state index < -0.39 is 22.6 Å². The van der Waals surface area contributed by atoms with Gasteiger partial charge in [-0.1, -0.05) is 6.07 Å². The van der Waals surface area contributed by atoms with Crippen LogP contribution in [0.2, 0.25) is 0 Å². The van der Waals surface area contributed by atoms with E-state index in [4.69, 9.17) is 0 Å². The topological polar surface area (TPSA) is 92.6 Å². The molecule has 2 aromatic carbocycles. The Balaban J connectivity index is 2.04. The highest BCUT2D eigenvalue weighted by atomic mass is 19.1. The first-order valence-corrected chi connectivity index (χ1v) is 7.34. The van der Waals surface area contributed by atoms with Crippen molar-refractivity contribution in [1.82, 2.24) is 4.90 Å². The molecule has 0 unspecified atom stereocenters. The summed E-state index contributed by atoms with van der Waals surface area (Å²) in [5, 5.41) is 13.5. The average molecular weight is 345 g/mol. The Morgan fingerprint density at radius 2 is 1.84 bits per heavy atom. The predicted octanol–water partition coefficient (Wildman–Crippen LogP) is 2.75. The van der Waals surface area contributed by atoms with Crippen molar-refractivity contribution in [3.63, 3.8) is 0 Å². The van der Waals surface area contributed by atoms with Gasteiger partial charge in [0.25, 0.3) is 11.6 Å². The van der Waals surface area contributed by atoms with Gasteiger partial charge in [0.05, 0.1) is 11.5 Å². The van der Waals surface area contributed by atoms with Gasteiger partial charge in [0.2, 0.25) is 5.91 Å². The van der Waals surface area contributed by atoms with Gasteiger partial charge in [0.1, 0.15) is 5.82 Å². The SMILES string of the molecule is Cc1ccc(C(=O)N(C)CC(=O)Nc2ccc(F)cc2)cc1[N+](=O)[O-]. The zero-order valence-corrected chi connectivity index (χ0v) is 13.7. The van der Waals surface area contributed by atoms with Crippen molar-refractivity contribution in [2.24, 2.45) is 0 Å². The predicted molar refractivity (Wildman–Crippen MR) is 89.8 cm³/mol. The molecule has 8 heteroatoms. The van der Waals surface area contributed by atoms with Crippen LogP contribution in [0.4, 0.5) is 15.8 Å². The molecule has 0 atom stereocenters. The summed E-state index contributed by atoms with van der Waals surface area (Å²) in [5.41, 5.74) is 0.806. The molecule has 2 amide bonds. The van der Waals surface area contributed by atoms with Crippen molar-refractivity contribution in [2.75, 3.05) is 18.9 Å². The van der Waals surface area contributed by atoms with E-state index in [1.807, 2.05) is 0 Å². The van der Waals surface area contributed by atoms with Gasteiger partial charge >= 0.3 is 0 Å². The number of anilines is 1. The third-order valence-corrected chi connectivity index (χ3v) is 3.51. The fraction of sp³-hybridized carbons (Fsp3) is 0.176. The molecular weight excluding hydrogens is 329 g/mol. The van der Waals surface area contributed by atoms with Gasteiger partial charge < -0.3 is 10.2 Å². The largest absolute Gasteiger partial charge is 0.332 e. The Morgan fingerprint density at radius 1 is 1.20 bits per heavy atom. The fourth-order valence-corrected chi connectivity index (χ4v) is 2.18. The minimum atomic E-state index is -0.562. The summed E-state index contributed by atoms with van der Waals surface area (Å²) in [6, 6.07) is 9.35. The number of nitrogens with zero attached hydrogens (tertiary/aromatic N) is 2. The standard InChI is InChI=1S/C17H16FN3O4/c1-11-3-4-12(9-15(11)21(24)25)17(23)20(2)10-16(22)19-14-7-5-13(18)6-8-14/h3-9H,10H2,1-2H3,(H,19,22). The zero-order valence-electron chi connectivity index (χ0n) is 13.7. The normalized spacial score (nSPS) is 10.2. The lowest BCUT2D eigenvalue weighted by atomic mass is 10.1. The first-order valence-electron chi connectivity index (χ1n) is 7.34. The quantitative estimate of drug-likeness (QED) is 0.666. The second-order valence-corrected chi connectivity index (χ2v) is 5.47. The minimum Gasteiger partial charge on any atom is -0.332 e. The monoisotopic (exact) mass is 345 g/mol. The molecule has 0 aromatic heterocycles. The van der Waals surface area contributed by atoms with E-state index in [9.17, 15) is 24.1 Å². The molecule has 2 aromatic rings. The van der Waals surface area contributed by atoms with Crippen molar-refractivity contribution >= 4 is 23.2 Å². The number of nitro benzene ring substituents is 1. The highest BCUT2D eigenvalue weighted by Crippen LogP contribution is 2.20. The van der Waals surface area contributed by atoms with Crippen molar-refractivity contribution in [2.45, 2.75) is 6.92 Å². The Kier molecular flexibility index (Phi) is 5.43. The molecule has 25 heavy (non-hydrogen) atoms. The third kappa shape index (κ3) is 4.60. The highest BCUT2D eigenvalue weighted by Gasteiger charge is 2.19. The van der Waals surface area contributed by atoms with Crippen LogP contribution < -0.4 is 5.32 Å². The van der Waals surface area contributed by atoms with Crippen LogP contribution in [0.1, 0.15) is 15.9 Å². The Labute approximate surface area is 143 Å². The summed E-state index contributed by atoms with van der Waals surface area (Å²) < 4.78 is 12.8. The maximum Gasteiger partial charge on any atom is 0.273 e. The highest BCUT2D eigenvalue weighted by molar-refractivity contribution is 5.99. The van der Waals surface area contributed by atoms with Crippen LogP contribution in [0.25, 0.3) is 0 Å². The van der Waals surface area contributed by atoms with Crippen molar-refractivity contribution in [3.05, 3.63) is 69.5 Å². The molecule has 0 radical (unpaired) electrons. The summed E-state index contributed by atoms with van der Waals surface area (Å²) in [6.07, 6.45) is 0. The number of rotatable bonds is 5. The van der Waals surface area contributed by atoms with Gasteiger partial charge in [-0.15, -0.1) is 0 Å². The molecule has 0 spiro atoms. The Morgan fingerprint density at radius 3 is 2.44 bits per heavy atom. The van der Waals surface area contributed by atoms with Crippen LogP contribution in [-0.4, -0.2) is 35.2 Å². The first-order chi connectivity index (χ1) is 11.8. The number of benzene rings is 2. The number of carbonyl (C=O) groups is 2. The fourth-order valence-electron chi connectivity index (χ4n) is 2.18. The van der Waals surface area contributed by atoms with Crippen LogP contribution in [0.15, 0.2) is 42.5 Å². The van der Waals surface area contributed by atoms with E-state index >= 15 is 0 Å². The average Bonchev–Trinajstić information content (AvgIpc) is 2.56. The summed E-state index contributed by atoms with van der Waals surface area (Å²) in [5.74, 6) is -1.41. The number of nitrogens with one attached hydrogen (secondary N) is 1. The van der Waals surface area contributed by atoms with Crippen molar-refractivity contribution in [3.8, 4) is 0 Å².